The van der Waals surface area contributed by atoms with Gasteiger partial charge < -0.3 is 9.30 Å². The van der Waals surface area contributed by atoms with E-state index in [4.69, 9.17) is 17.0 Å². The molecule has 1 amide bonds. The first-order valence-electron chi connectivity index (χ1n) is 7.58. The van der Waals surface area contributed by atoms with Crippen molar-refractivity contribution in [1.29, 1.82) is 0 Å². The summed E-state index contributed by atoms with van der Waals surface area (Å²) in [5.74, 6) is 0.814. The van der Waals surface area contributed by atoms with E-state index in [1.165, 1.54) is 11.8 Å². The summed E-state index contributed by atoms with van der Waals surface area (Å²) >= 11 is 6.74. The van der Waals surface area contributed by atoms with Crippen LogP contribution in [-0.4, -0.2) is 33.3 Å². The van der Waals surface area contributed by atoms with E-state index >= 15 is 0 Å². The topological polar surface area (TPSA) is 34.5 Å². The zero-order chi connectivity index (χ0) is 17.1. The Kier molecular flexibility index (Phi) is 5.06. The van der Waals surface area contributed by atoms with Crippen LogP contribution in [0.5, 0.6) is 5.75 Å². The van der Waals surface area contributed by atoms with Gasteiger partial charge in [0.25, 0.3) is 5.91 Å². The van der Waals surface area contributed by atoms with Crippen LogP contribution in [0.2, 0.25) is 0 Å². The molecule has 0 bridgehead atoms. The third-order valence-electron chi connectivity index (χ3n) is 3.92. The number of carbonyl (C=O) groups excluding carboxylic acids is 1. The number of benzene rings is 1. The number of hydrogen-bond acceptors (Lipinski definition) is 4. The van der Waals surface area contributed by atoms with Gasteiger partial charge in [-0.1, -0.05) is 36.1 Å². The molecule has 2 aromatic rings. The molecule has 0 atom stereocenters. The molecule has 0 aliphatic carbocycles. The first kappa shape index (κ1) is 16.8. The van der Waals surface area contributed by atoms with Crippen molar-refractivity contribution in [2.45, 2.75) is 6.42 Å². The molecule has 24 heavy (non-hydrogen) atoms. The Bertz CT molecular complexity index is 794. The van der Waals surface area contributed by atoms with Gasteiger partial charge in [0.1, 0.15) is 10.1 Å². The molecule has 0 unspecified atom stereocenters. The summed E-state index contributed by atoms with van der Waals surface area (Å²) in [6.07, 6.45) is 4.61. The molecule has 1 aliphatic heterocycles. The molecule has 1 aliphatic rings. The minimum atomic E-state index is -0.0142. The number of nitrogens with zero attached hydrogens (tertiary/aromatic N) is 2. The maximum absolute atomic E-state index is 12.6. The lowest BCUT2D eigenvalue weighted by molar-refractivity contribution is -0.122. The van der Waals surface area contributed by atoms with Crippen LogP contribution in [0.1, 0.15) is 11.3 Å². The third-order valence-corrected chi connectivity index (χ3v) is 5.30. The standard InChI is InChI=1S/C18H18N2O2S2/c1-19-10-3-4-14(19)12-16-17(21)20(18(23)24-16)11-9-13-5-7-15(22-2)8-6-13/h3-8,10,12H,9,11H2,1-2H3. The number of amides is 1. The maximum Gasteiger partial charge on any atom is 0.266 e. The van der Waals surface area contributed by atoms with E-state index in [2.05, 4.69) is 0 Å². The summed E-state index contributed by atoms with van der Waals surface area (Å²) in [5, 5.41) is 0. The largest absolute Gasteiger partial charge is 0.497 e. The Hall–Kier alpha value is -2.05. The minimum Gasteiger partial charge on any atom is -0.497 e. The van der Waals surface area contributed by atoms with Crippen molar-refractivity contribution in [3.63, 3.8) is 0 Å². The van der Waals surface area contributed by atoms with Gasteiger partial charge in [0.2, 0.25) is 0 Å². The highest BCUT2D eigenvalue weighted by Crippen LogP contribution is 2.32. The van der Waals surface area contributed by atoms with Crippen molar-refractivity contribution in [1.82, 2.24) is 9.47 Å². The Morgan fingerprint density at radius 3 is 2.62 bits per heavy atom. The molecule has 3 rings (SSSR count). The minimum absolute atomic E-state index is 0.0142. The highest BCUT2D eigenvalue weighted by atomic mass is 32.2. The van der Waals surface area contributed by atoms with E-state index in [0.717, 1.165) is 23.4 Å². The Morgan fingerprint density at radius 2 is 2.00 bits per heavy atom. The summed E-state index contributed by atoms with van der Waals surface area (Å²) in [6, 6.07) is 11.8. The molecule has 6 heteroatoms. The van der Waals surface area contributed by atoms with E-state index in [0.29, 0.717) is 15.8 Å². The lowest BCUT2D eigenvalue weighted by Gasteiger charge is -2.14. The number of aromatic nitrogens is 1. The van der Waals surface area contributed by atoms with E-state index in [-0.39, 0.29) is 5.91 Å². The Balaban J connectivity index is 1.68. The predicted octanol–water partition coefficient (Wildman–Crippen LogP) is 3.48. The van der Waals surface area contributed by atoms with Gasteiger partial charge >= 0.3 is 0 Å². The zero-order valence-corrected chi connectivity index (χ0v) is 15.2. The van der Waals surface area contributed by atoms with Gasteiger partial charge in [-0.15, -0.1) is 0 Å². The van der Waals surface area contributed by atoms with Crippen LogP contribution in [-0.2, 0) is 18.3 Å². The van der Waals surface area contributed by atoms with Crippen molar-refractivity contribution < 1.29 is 9.53 Å². The molecule has 0 spiro atoms. The molecule has 1 saturated heterocycles. The summed E-state index contributed by atoms with van der Waals surface area (Å²) in [7, 11) is 3.60. The number of hydrogen-bond donors (Lipinski definition) is 0. The van der Waals surface area contributed by atoms with Gasteiger partial charge in [-0.25, -0.2) is 0 Å². The Labute approximate surface area is 151 Å². The number of thioether (sulfide) groups is 1. The molecule has 4 nitrogen and oxygen atoms in total. The SMILES string of the molecule is COc1ccc(CCN2C(=O)C(=Cc3cccn3C)SC2=S)cc1. The van der Waals surface area contributed by atoms with E-state index in [1.807, 2.05) is 60.3 Å². The lowest BCUT2D eigenvalue weighted by atomic mass is 10.1. The molecule has 0 N–H and O–H groups in total. The molecule has 0 saturated carbocycles. The van der Waals surface area contributed by atoms with Gasteiger partial charge in [0.05, 0.1) is 12.0 Å². The molecule has 1 fully saturated rings. The molecule has 124 valence electrons. The first-order chi connectivity index (χ1) is 11.6. The van der Waals surface area contributed by atoms with E-state index in [1.54, 1.807) is 12.0 Å². The van der Waals surface area contributed by atoms with Gasteiger partial charge in [0.15, 0.2) is 0 Å². The first-order valence-corrected chi connectivity index (χ1v) is 8.80. The molecule has 2 heterocycles. The predicted molar refractivity (Wildman–Crippen MR) is 102 cm³/mol. The van der Waals surface area contributed by atoms with Crippen LogP contribution in [0.25, 0.3) is 6.08 Å². The van der Waals surface area contributed by atoms with Crippen molar-refractivity contribution >= 4 is 40.3 Å². The van der Waals surface area contributed by atoms with Crippen LogP contribution < -0.4 is 4.74 Å². The normalized spacial score (nSPS) is 16.2. The van der Waals surface area contributed by atoms with Crippen LogP contribution in [0, 0.1) is 0 Å². The molecule has 1 aromatic carbocycles. The second-order valence-electron chi connectivity index (χ2n) is 5.48. The lowest BCUT2D eigenvalue weighted by Crippen LogP contribution is -2.30. The zero-order valence-electron chi connectivity index (χ0n) is 13.6. The van der Waals surface area contributed by atoms with Crippen LogP contribution in [0.15, 0.2) is 47.5 Å². The van der Waals surface area contributed by atoms with Crippen molar-refractivity contribution in [3.05, 3.63) is 58.8 Å². The highest BCUT2D eigenvalue weighted by molar-refractivity contribution is 8.26. The fourth-order valence-corrected chi connectivity index (χ4v) is 3.78. The van der Waals surface area contributed by atoms with Crippen LogP contribution >= 0.6 is 24.0 Å². The third kappa shape index (κ3) is 3.55. The quantitative estimate of drug-likeness (QED) is 0.605. The van der Waals surface area contributed by atoms with E-state index < -0.39 is 0 Å². The number of ether oxygens (including phenoxy) is 1. The van der Waals surface area contributed by atoms with Gasteiger partial charge in [-0.05, 0) is 42.3 Å². The summed E-state index contributed by atoms with van der Waals surface area (Å²) < 4.78 is 7.75. The second-order valence-corrected chi connectivity index (χ2v) is 7.15. The Morgan fingerprint density at radius 1 is 1.25 bits per heavy atom. The van der Waals surface area contributed by atoms with Crippen molar-refractivity contribution in [2.75, 3.05) is 13.7 Å². The molecular weight excluding hydrogens is 340 g/mol. The average Bonchev–Trinajstić information content (AvgIpc) is 3.10. The second kappa shape index (κ2) is 7.23. The van der Waals surface area contributed by atoms with Gasteiger partial charge in [-0.3, -0.25) is 9.69 Å². The number of thiocarbonyl (C=S) groups is 1. The molecule has 0 radical (unpaired) electrons. The summed E-state index contributed by atoms with van der Waals surface area (Å²) in [4.78, 5) is 15.0. The fraction of sp³-hybridized carbons (Fsp3) is 0.222. The van der Waals surface area contributed by atoms with Gasteiger partial charge in [-0.2, -0.15) is 0 Å². The molecular formula is C18H18N2O2S2. The van der Waals surface area contributed by atoms with Crippen LogP contribution in [0.4, 0.5) is 0 Å². The monoisotopic (exact) mass is 358 g/mol. The van der Waals surface area contributed by atoms with Crippen molar-refractivity contribution in [2.24, 2.45) is 7.05 Å². The smallest absolute Gasteiger partial charge is 0.266 e. The maximum atomic E-state index is 12.6. The van der Waals surface area contributed by atoms with Crippen molar-refractivity contribution in [3.8, 4) is 5.75 Å². The number of methoxy groups -OCH3 is 1. The number of carbonyl (C=O) groups is 1. The van der Waals surface area contributed by atoms with Crippen LogP contribution in [0.3, 0.4) is 0 Å². The van der Waals surface area contributed by atoms with E-state index in [9.17, 15) is 4.79 Å². The van der Waals surface area contributed by atoms with Gasteiger partial charge in [0, 0.05) is 25.5 Å². The average molecular weight is 358 g/mol. The fourth-order valence-electron chi connectivity index (χ4n) is 2.48. The number of rotatable bonds is 5. The molecule has 1 aromatic heterocycles. The summed E-state index contributed by atoms with van der Waals surface area (Å²) in [6.45, 7) is 0.585. The number of aryl methyl sites for hydroxylation is 1. The highest BCUT2D eigenvalue weighted by Gasteiger charge is 2.31. The summed E-state index contributed by atoms with van der Waals surface area (Å²) in [5.41, 5.74) is 2.14.